The van der Waals surface area contributed by atoms with E-state index in [1.807, 2.05) is 13.8 Å². The van der Waals surface area contributed by atoms with Crippen molar-refractivity contribution in [2.75, 3.05) is 7.11 Å². The van der Waals surface area contributed by atoms with Crippen LogP contribution in [0.2, 0.25) is 0 Å². The lowest BCUT2D eigenvalue weighted by atomic mass is 10.2. The third-order valence-corrected chi connectivity index (χ3v) is 1.86. The molecule has 0 amide bonds. The number of carbonyl (C=O) groups is 2. The summed E-state index contributed by atoms with van der Waals surface area (Å²) < 4.78 is 6.04. The molecule has 0 saturated carbocycles. The van der Waals surface area contributed by atoms with Crippen LogP contribution in [0.25, 0.3) is 0 Å². The molecule has 0 aliphatic rings. The van der Waals surface area contributed by atoms with Crippen LogP contribution in [0.4, 0.5) is 0 Å². The summed E-state index contributed by atoms with van der Waals surface area (Å²) in [5, 5.41) is 4.00. The summed E-state index contributed by atoms with van der Waals surface area (Å²) in [5.74, 6) is -0.172. The van der Waals surface area contributed by atoms with E-state index in [4.69, 9.17) is 0 Å². The van der Waals surface area contributed by atoms with Crippen molar-refractivity contribution in [3.05, 3.63) is 17.5 Å². The lowest BCUT2D eigenvalue weighted by Gasteiger charge is -2.05. The van der Waals surface area contributed by atoms with Gasteiger partial charge in [-0.05, 0) is 5.92 Å². The van der Waals surface area contributed by atoms with Crippen molar-refractivity contribution in [3.8, 4) is 0 Å². The molecule has 1 rings (SSSR count). The molecule has 0 N–H and O–H groups in total. The first-order valence-corrected chi connectivity index (χ1v) is 4.69. The predicted octanol–water partition coefficient (Wildman–Crippen LogP) is 1.14. The van der Waals surface area contributed by atoms with E-state index in [9.17, 15) is 9.59 Å². The zero-order valence-corrected chi connectivity index (χ0v) is 9.06. The van der Waals surface area contributed by atoms with Crippen molar-refractivity contribution < 1.29 is 14.3 Å². The second-order valence-corrected chi connectivity index (χ2v) is 3.64. The van der Waals surface area contributed by atoms with Gasteiger partial charge in [-0.3, -0.25) is 9.48 Å². The molecule has 82 valence electrons. The highest BCUT2D eigenvalue weighted by Gasteiger charge is 2.14. The Bertz CT molecular complexity index is 369. The maximum absolute atomic E-state index is 11.2. The SMILES string of the molecule is COC(=O)c1cc(C=O)n(CC(C)C)n1. The first-order chi connectivity index (χ1) is 7.08. The summed E-state index contributed by atoms with van der Waals surface area (Å²) in [5.41, 5.74) is 0.560. The average molecular weight is 210 g/mol. The zero-order valence-electron chi connectivity index (χ0n) is 9.06. The summed E-state index contributed by atoms with van der Waals surface area (Å²) >= 11 is 0. The van der Waals surface area contributed by atoms with Crippen LogP contribution < -0.4 is 0 Å². The molecular formula is C10H14N2O3. The number of aldehydes is 1. The molecule has 0 bridgehead atoms. The molecule has 0 aromatic carbocycles. The first kappa shape index (κ1) is 11.4. The van der Waals surface area contributed by atoms with E-state index in [0.717, 1.165) is 0 Å². The van der Waals surface area contributed by atoms with Gasteiger partial charge in [0.2, 0.25) is 0 Å². The Morgan fingerprint density at radius 1 is 1.67 bits per heavy atom. The van der Waals surface area contributed by atoms with Crippen LogP contribution in [-0.2, 0) is 11.3 Å². The van der Waals surface area contributed by atoms with Crippen LogP contribution >= 0.6 is 0 Å². The van der Waals surface area contributed by atoms with E-state index in [1.54, 1.807) is 0 Å². The largest absolute Gasteiger partial charge is 0.464 e. The Kier molecular flexibility index (Phi) is 3.60. The maximum atomic E-state index is 11.2. The quantitative estimate of drug-likeness (QED) is 0.552. The Morgan fingerprint density at radius 3 is 2.80 bits per heavy atom. The number of nitrogens with zero attached hydrogens (tertiary/aromatic N) is 2. The minimum absolute atomic E-state index is 0.167. The lowest BCUT2D eigenvalue weighted by Crippen LogP contribution is -2.10. The van der Waals surface area contributed by atoms with Crippen LogP contribution in [0.1, 0.15) is 34.8 Å². The van der Waals surface area contributed by atoms with Crippen molar-refractivity contribution >= 4 is 12.3 Å². The van der Waals surface area contributed by atoms with Crippen molar-refractivity contribution in [1.82, 2.24) is 9.78 Å². The number of ether oxygens (including phenoxy) is 1. The molecule has 0 spiro atoms. The summed E-state index contributed by atoms with van der Waals surface area (Å²) in [6, 6.07) is 1.43. The minimum atomic E-state index is -0.527. The van der Waals surface area contributed by atoms with Gasteiger partial charge in [0.05, 0.1) is 7.11 Å². The molecule has 0 atom stereocenters. The van der Waals surface area contributed by atoms with E-state index in [-0.39, 0.29) is 5.69 Å². The van der Waals surface area contributed by atoms with E-state index < -0.39 is 5.97 Å². The summed E-state index contributed by atoms with van der Waals surface area (Å²) in [4.78, 5) is 21.9. The number of hydrogen-bond acceptors (Lipinski definition) is 4. The Balaban J connectivity index is 3.00. The van der Waals surface area contributed by atoms with Crippen LogP contribution in [0.5, 0.6) is 0 Å². The van der Waals surface area contributed by atoms with Gasteiger partial charge in [-0.15, -0.1) is 0 Å². The van der Waals surface area contributed by atoms with Crippen molar-refractivity contribution in [2.45, 2.75) is 20.4 Å². The van der Waals surface area contributed by atoms with Gasteiger partial charge in [0, 0.05) is 12.6 Å². The molecule has 5 nitrogen and oxygen atoms in total. The maximum Gasteiger partial charge on any atom is 0.358 e. The van der Waals surface area contributed by atoms with Gasteiger partial charge in [-0.2, -0.15) is 5.10 Å². The molecule has 0 aliphatic heterocycles. The van der Waals surface area contributed by atoms with Gasteiger partial charge in [-0.1, -0.05) is 13.8 Å². The second-order valence-electron chi connectivity index (χ2n) is 3.64. The summed E-state index contributed by atoms with van der Waals surface area (Å²) in [6.45, 7) is 4.62. The van der Waals surface area contributed by atoms with Crippen molar-refractivity contribution in [3.63, 3.8) is 0 Å². The standard InChI is InChI=1S/C10H14N2O3/c1-7(2)5-12-8(6-13)4-9(11-12)10(14)15-3/h4,6-7H,5H2,1-3H3. The third-order valence-electron chi connectivity index (χ3n) is 1.86. The molecular weight excluding hydrogens is 196 g/mol. The fraction of sp³-hybridized carbons (Fsp3) is 0.500. The number of aromatic nitrogens is 2. The molecule has 1 aromatic heterocycles. The van der Waals surface area contributed by atoms with Gasteiger partial charge >= 0.3 is 5.97 Å². The van der Waals surface area contributed by atoms with Crippen LogP contribution in [0.3, 0.4) is 0 Å². The Morgan fingerprint density at radius 2 is 2.33 bits per heavy atom. The van der Waals surface area contributed by atoms with Gasteiger partial charge in [-0.25, -0.2) is 4.79 Å². The zero-order chi connectivity index (χ0) is 11.4. The molecule has 15 heavy (non-hydrogen) atoms. The predicted molar refractivity (Wildman–Crippen MR) is 53.8 cm³/mol. The fourth-order valence-electron chi connectivity index (χ4n) is 1.22. The van der Waals surface area contributed by atoms with Crippen molar-refractivity contribution in [1.29, 1.82) is 0 Å². The van der Waals surface area contributed by atoms with E-state index >= 15 is 0 Å². The van der Waals surface area contributed by atoms with Gasteiger partial charge in [0.15, 0.2) is 12.0 Å². The second kappa shape index (κ2) is 4.72. The van der Waals surface area contributed by atoms with E-state index in [1.165, 1.54) is 17.9 Å². The smallest absolute Gasteiger partial charge is 0.358 e. The molecule has 0 unspecified atom stereocenters. The van der Waals surface area contributed by atoms with Crippen molar-refractivity contribution in [2.24, 2.45) is 5.92 Å². The third kappa shape index (κ3) is 2.65. The molecule has 1 heterocycles. The summed E-state index contributed by atoms with van der Waals surface area (Å²) in [6.07, 6.45) is 0.682. The Labute approximate surface area is 88.0 Å². The molecule has 0 fully saturated rings. The number of methoxy groups -OCH3 is 1. The molecule has 0 saturated heterocycles. The number of esters is 1. The number of carbonyl (C=O) groups excluding carboxylic acids is 2. The molecule has 0 aliphatic carbocycles. The van der Waals surface area contributed by atoms with E-state index in [0.29, 0.717) is 24.4 Å². The topological polar surface area (TPSA) is 61.2 Å². The highest BCUT2D eigenvalue weighted by atomic mass is 16.5. The monoisotopic (exact) mass is 210 g/mol. The van der Waals surface area contributed by atoms with Gasteiger partial charge in [0.1, 0.15) is 5.69 Å². The normalized spacial score (nSPS) is 10.4. The van der Waals surface area contributed by atoms with Gasteiger partial charge < -0.3 is 4.74 Å². The number of rotatable bonds is 4. The van der Waals surface area contributed by atoms with Crippen LogP contribution in [-0.4, -0.2) is 29.1 Å². The van der Waals surface area contributed by atoms with Gasteiger partial charge in [0.25, 0.3) is 0 Å². The van der Waals surface area contributed by atoms with E-state index in [2.05, 4.69) is 9.84 Å². The molecule has 5 heteroatoms. The van der Waals surface area contributed by atoms with Crippen LogP contribution in [0.15, 0.2) is 6.07 Å². The fourth-order valence-corrected chi connectivity index (χ4v) is 1.22. The highest BCUT2D eigenvalue weighted by molar-refractivity contribution is 5.89. The number of hydrogen-bond donors (Lipinski definition) is 0. The first-order valence-electron chi connectivity index (χ1n) is 4.69. The molecule has 1 aromatic rings. The highest BCUT2D eigenvalue weighted by Crippen LogP contribution is 2.06. The Hall–Kier alpha value is -1.65. The lowest BCUT2D eigenvalue weighted by molar-refractivity contribution is 0.0592. The van der Waals surface area contributed by atoms with Crippen LogP contribution in [0, 0.1) is 5.92 Å². The summed E-state index contributed by atoms with van der Waals surface area (Å²) in [7, 11) is 1.28. The average Bonchev–Trinajstić information content (AvgIpc) is 2.59. The molecule has 0 radical (unpaired) electrons. The minimum Gasteiger partial charge on any atom is -0.464 e.